The summed E-state index contributed by atoms with van der Waals surface area (Å²) < 4.78 is 39.4. The summed E-state index contributed by atoms with van der Waals surface area (Å²) in [7, 11) is 1.74. The smallest absolute Gasteiger partial charge is 0.313 e. The standard InChI is InChI=1S/C16H24F3N/c1-4-6-9-12(5-2)15(20-3)13-10-7-8-11-14(13)16(17,18)19/h7-8,10-12,15,20H,4-6,9H2,1-3H3. The minimum absolute atomic E-state index is 0.225. The molecule has 114 valence electrons. The fourth-order valence-electron chi connectivity index (χ4n) is 2.74. The summed E-state index contributed by atoms with van der Waals surface area (Å²) in [5.74, 6) is 0.225. The maximum Gasteiger partial charge on any atom is 0.416 e. The van der Waals surface area contributed by atoms with Crippen LogP contribution in [0.3, 0.4) is 0 Å². The minimum Gasteiger partial charge on any atom is -0.313 e. The molecule has 0 aliphatic heterocycles. The topological polar surface area (TPSA) is 12.0 Å². The number of hydrogen-bond donors (Lipinski definition) is 1. The Labute approximate surface area is 119 Å². The van der Waals surface area contributed by atoms with Crippen molar-refractivity contribution in [3.8, 4) is 0 Å². The highest BCUT2D eigenvalue weighted by atomic mass is 19.4. The van der Waals surface area contributed by atoms with Gasteiger partial charge < -0.3 is 5.32 Å². The van der Waals surface area contributed by atoms with Gasteiger partial charge in [-0.15, -0.1) is 0 Å². The van der Waals surface area contributed by atoms with Crippen LogP contribution in [-0.2, 0) is 6.18 Å². The number of unbranched alkanes of at least 4 members (excludes halogenated alkanes) is 1. The molecule has 20 heavy (non-hydrogen) atoms. The molecule has 0 heterocycles. The van der Waals surface area contributed by atoms with Crippen molar-refractivity contribution < 1.29 is 13.2 Å². The third-order valence-corrected chi connectivity index (χ3v) is 3.84. The molecule has 0 radical (unpaired) electrons. The van der Waals surface area contributed by atoms with Gasteiger partial charge >= 0.3 is 6.18 Å². The Morgan fingerprint density at radius 3 is 2.30 bits per heavy atom. The van der Waals surface area contributed by atoms with Gasteiger partial charge in [0.05, 0.1) is 5.56 Å². The lowest BCUT2D eigenvalue weighted by molar-refractivity contribution is -0.138. The third kappa shape index (κ3) is 4.23. The van der Waals surface area contributed by atoms with Crippen molar-refractivity contribution in [2.45, 2.75) is 51.7 Å². The van der Waals surface area contributed by atoms with Gasteiger partial charge in [-0.2, -0.15) is 13.2 Å². The average molecular weight is 287 g/mol. The van der Waals surface area contributed by atoms with Gasteiger partial charge in [-0.25, -0.2) is 0 Å². The van der Waals surface area contributed by atoms with Crippen molar-refractivity contribution in [1.82, 2.24) is 5.32 Å². The van der Waals surface area contributed by atoms with E-state index >= 15 is 0 Å². The Balaban J connectivity index is 3.11. The van der Waals surface area contributed by atoms with Crippen LogP contribution in [0.2, 0.25) is 0 Å². The molecule has 1 aromatic rings. The third-order valence-electron chi connectivity index (χ3n) is 3.84. The van der Waals surface area contributed by atoms with E-state index in [4.69, 9.17) is 0 Å². The van der Waals surface area contributed by atoms with E-state index in [2.05, 4.69) is 12.2 Å². The summed E-state index contributed by atoms with van der Waals surface area (Å²) in [5.41, 5.74) is -0.153. The predicted molar refractivity (Wildman–Crippen MR) is 76.6 cm³/mol. The lowest BCUT2D eigenvalue weighted by Gasteiger charge is -2.28. The molecule has 2 atom stereocenters. The van der Waals surface area contributed by atoms with Crippen LogP contribution in [0.25, 0.3) is 0 Å². The minimum atomic E-state index is -4.30. The molecule has 0 bridgehead atoms. The first-order valence-corrected chi connectivity index (χ1v) is 7.29. The van der Waals surface area contributed by atoms with Gasteiger partial charge in [0.1, 0.15) is 0 Å². The number of rotatable bonds is 7. The molecule has 2 unspecified atom stereocenters. The summed E-state index contributed by atoms with van der Waals surface area (Å²) in [5, 5.41) is 3.09. The Kier molecular flexibility index (Phi) is 6.53. The van der Waals surface area contributed by atoms with E-state index in [1.165, 1.54) is 12.1 Å². The van der Waals surface area contributed by atoms with Crippen LogP contribution in [0.5, 0.6) is 0 Å². The molecule has 0 aliphatic rings. The fourth-order valence-corrected chi connectivity index (χ4v) is 2.74. The van der Waals surface area contributed by atoms with Gasteiger partial charge in [-0.1, -0.05) is 51.3 Å². The van der Waals surface area contributed by atoms with Crippen molar-refractivity contribution in [3.05, 3.63) is 35.4 Å². The second kappa shape index (κ2) is 7.67. The zero-order valence-electron chi connectivity index (χ0n) is 12.4. The van der Waals surface area contributed by atoms with E-state index in [0.29, 0.717) is 5.56 Å². The van der Waals surface area contributed by atoms with Crippen LogP contribution < -0.4 is 5.32 Å². The lowest BCUT2D eigenvalue weighted by Crippen LogP contribution is -2.27. The van der Waals surface area contributed by atoms with E-state index in [0.717, 1.165) is 25.7 Å². The summed E-state index contributed by atoms with van der Waals surface area (Å²) in [6, 6.07) is 5.66. The number of hydrogen-bond acceptors (Lipinski definition) is 1. The maximum atomic E-state index is 13.1. The Morgan fingerprint density at radius 1 is 1.15 bits per heavy atom. The summed E-state index contributed by atoms with van der Waals surface area (Å²) in [4.78, 5) is 0. The molecule has 0 fully saturated rings. The van der Waals surface area contributed by atoms with E-state index < -0.39 is 11.7 Å². The van der Waals surface area contributed by atoms with Crippen molar-refractivity contribution in [1.29, 1.82) is 0 Å². The zero-order valence-corrected chi connectivity index (χ0v) is 12.4. The van der Waals surface area contributed by atoms with Gasteiger partial charge in [0.15, 0.2) is 0 Å². The van der Waals surface area contributed by atoms with Gasteiger partial charge in [0, 0.05) is 6.04 Å². The van der Waals surface area contributed by atoms with E-state index in [1.807, 2.05) is 6.92 Å². The summed E-state index contributed by atoms with van der Waals surface area (Å²) in [6.07, 6.45) is -0.365. The van der Waals surface area contributed by atoms with Crippen molar-refractivity contribution in [2.24, 2.45) is 5.92 Å². The van der Waals surface area contributed by atoms with Crippen LogP contribution in [-0.4, -0.2) is 7.05 Å². The van der Waals surface area contributed by atoms with Crippen molar-refractivity contribution in [2.75, 3.05) is 7.05 Å². The largest absolute Gasteiger partial charge is 0.416 e. The number of nitrogens with one attached hydrogen (secondary N) is 1. The Hall–Kier alpha value is -1.03. The molecule has 0 saturated heterocycles. The highest BCUT2D eigenvalue weighted by molar-refractivity contribution is 5.32. The second-order valence-corrected chi connectivity index (χ2v) is 5.16. The lowest BCUT2D eigenvalue weighted by atomic mass is 9.85. The summed E-state index contributed by atoms with van der Waals surface area (Å²) >= 11 is 0. The molecule has 0 aromatic heterocycles. The molecule has 0 aliphatic carbocycles. The van der Waals surface area contributed by atoms with Crippen molar-refractivity contribution in [3.63, 3.8) is 0 Å². The molecule has 4 heteroatoms. The molecule has 0 spiro atoms. The van der Waals surface area contributed by atoms with Crippen LogP contribution >= 0.6 is 0 Å². The van der Waals surface area contributed by atoms with Gasteiger partial charge in [0.2, 0.25) is 0 Å². The van der Waals surface area contributed by atoms with E-state index in [1.54, 1.807) is 19.2 Å². The van der Waals surface area contributed by atoms with Gasteiger partial charge in [-0.05, 0) is 31.0 Å². The zero-order chi connectivity index (χ0) is 15.2. The molecular formula is C16H24F3N. The molecular weight excluding hydrogens is 263 g/mol. The van der Waals surface area contributed by atoms with Crippen LogP contribution in [0.4, 0.5) is 13.2 Å². The van der Waals surface area contributed by atoms with Gasteiger partial charge in [-0.3, -0.25) is 0 Å². The Morgan fingerprint density at radius 2 is 1.80 bits per heavy atom. The SMILES string of the molecule is CCCCC(CC)C(NC)c1ccccc1C(F)(F)F. The van der Waals surface area contributed by atoms with E-state index in [-0.39, 0.29) is 12.0 Å². The van der Waals surface area contributed by atoms with Crippen LogP contribution in [0.1, 0.15) is 56.7 Å². The summed E-state index contributed by atoms with van der Waals surface area (Å²) in [6.45, 7) is 4.14. The fraction of sp³-hybridized carbons (Fsp3) is 0.625. The first kappa shape index (κ1) is 17.0. The predicted octanol–water partition coefficient (Wildman–Crippen LogP) is 5.18. The highest BCUT2D eigenvalue weighted by Crippen LogP contribution is 2.38. The van der Waals surface area contributed by atoms with Crippen LogP contribution in [0.15, 0.2) is 24.3 Å². The highest BCUT2D eigenvalue weighted by Gasteiger charge is 2.36. The van der Waals surface area contributed by atoms with Gasteiger partial charge in [0.25, 0.3) is 0 Å². The first-order chi connectivity index (χ1) is 9.45. The first-order valence-electron chi connectivity index (χ1n) is 7.29. The molecule has 0 amide bonds. The molecule has 1 rings (SSSR count). The normalized spacial score (nSPS) is 15.1. The van der Waals surface area contributed by atoms with E-state index in [9.17, 15) is 13.2 Å². The van der Waals surface area contributed by atoms with Crippen LogP contribution in [0, 0.1) is 5.92 Å². The molecule has 1 aromatic carbocycles. The number of alkyl halides is 3. The molecule has 1 N–H and O–H groups in total. The molecule has 0 saturated carbocycles. The maximum absolute atomic E-state index is 13.1. The second-order valence-electron chi connectivity index (χ2n) is 5.16. The average Bonchev–Trinajstić information content (AvgIpc) is 2.42. The Bertz CT molecular complexity index is 401. The number of benzene rings is 1. The number of halogens is 3. The monoisotopic (exact) mass is 287 g/mol. The molecule has 1 nitrogen and oxygen atoms in total. The quantitative estimate of drug-likeness (QED) is 0.728. The van der Waals surface area contributed by atoms with Crippen molar-refractivity contribution >= 4 is 0 Å².